The Balaban J connectivity index is 2.74. The van der Waals surface area contributed by atoms with E-state index in [-0.39, 0.29) is 12.0 Å². The Bertz CT molecular complexity index is 460. The van der Waals surface area contributed by atoms with Crippen molar-refractivity contribution < 1.29 is 23.9 Å². The third-order valence-electron chi connectivity index (χ3n) is 2.31. The van der Waals surface area contributed by atoms with Crippen LogP contribution in [-0.2, 0) is 19.1 Å². The highest BCUT2D eigenvalue weighted by Crippen LogP contribution is 2.01. The minimum atomic E-state index is -1.09. The Kier molecular flexibility index (Phi) is 5.46. The predicted molar refractivity (Wildman–Crippen MR) is 64.1 cm³/mol. The van der Waals surface area contributed by atoms with Crippen molar-refractivity contribution in [3.05, 3.63) is 30.1 Å². The van der Waals surface area contributed by atoms with Crippen LogP contribution in [0.4, 0.5) is 0 Å². The van der Waals surface area contributed by atoms with E-state index in [1.807, 2.05) is 0 Å². The molecule has 0 aliphatic heterocycles. The molecule has 0 aromatic carbocycles. The van der Waals surface area contributed by atoms with Crippen LogP contribution in [0.3, 0.4) is 0 Å². The molecule has 0 bridgehead atoms. The lowest BCUT2D eigenvalue weighted by molar-refractivity contribution is -0.149. The summed E-state index contributed by atoms with van der Waals surface area (Å²) in [5, 5.41) is 2.39. The molecule has 7 nitrogen and oxygen atoms in total. The van der Waals surface area contributed by atoms with Gasteiger partial charge >= 0.3 is 11.9 Å². The van der Waals surface area contributed by atoms with Gasteiger partial charge in [0.05, 0.1) is 26.2 Å². The average molecular weight is 266 g/mol. The van der Waals surface area contributed by atoms with Gasteiger partial charge in [0.15, 0.2) is 0 Å². The molecule has 7 heteroatoms. The Morgan fingerprint density at radius 3 is 2.58 bits per heavy atom. The van der Waals surface area contributed by atoms with E-state index in [9.17, 15) is 14.4 Å². The van der Waals surface area contributed by atoms with Crippen LogP contribution in [0, 0.1) is 0 Å². The van der Waals surface area contributed by atoms with Crippen molar-refractivity contribution in [1.29, 1.82) is 0 Å². The molecule has 1 amide bonds. The minimum absolute atomic E-state index is 0.279. The van der Waals surface area contributed by atoms with Gasteiger partial charge in [-0.3, -0.25) is 14.6 Å². The topological polar surface area (TPSA) is 94.6 Å². The Hall–Kier alpha value is -2.44. The lowest BCUT2D eigenvalue weighted by atomic mass is 10.2. The molecule has 1 heterocycles. The number of ether oxygens (including phenoxy) is 2. The molecule has 1 atom stereocenters. The summed E-state index contributed by atoms with van der Waals surface area (Å²) >= 11 is 0. The van der Waals surface area contributed by atoms with Gasteiger partial charge in [-0.25, -0.2) is 4.79 Å². The van der Waals surface area contributed by atoms with Crippen molar-refractivity contribution in [2.24, 2.45) is 0 Å². The number of nitrogens with zero attached hydrogens (tertiary/aromatic N) is 1. The van der Waals surface area contributed by atoms with Gasteiger partial charge in [-0.05, 0) is 12.1 Å². The van der Waals surface area contributed by atoms with Gasteiger partial charge in [0, 0.05) is 12.4 Å². The van der Waals surface area contributed by atoms with Crippen LogP contribution in [0.25, 0.3) is 0 Å². The van der Waals surface area contributed by atoms with E-state index in [2.05, 4.69) is 19.8 Å². The highest BCUT2D eigenvalue weighted by molar-refractivity contribution is 5.97. The molecule has 1 N–H and O–H groups in total. The van der Waals surface area contributed by atoms with E-state index in [1.54, 1.807) is 6.07 Å². The normalized spacial score (nSPS) is 11.3. The maximum Gasteiger partial charge on any atom is 0.328 e. The van der Waals surface area contributed by atoms with Crippen LogP contribution in [0.5, 0.6) is 0 Å². The van der Waals surface area contributed by atoms with Crippen molar-refractivity contribution in [2.45, 2.75) is 12.5 Å². The molecular weight excluding hydrogens is 252 g/mol. The quantitative estimate of drug-likeness (QED) is 0.749. The zero-order valence-electron chi connectivity index (χ0n) is 10.6. The largest absolute Gasteiger partial charge is 0.469 e. The second-order valence-corrected chi connectivity index (χ2v) is 3.57. The molecule has 0 unspecified atom stereocenters. The van der Waals surface area contributed by atoms with Gasteiger partial charge < -0.3 is 14.8 Å². The summed E-state index contributed by atoms with van der Waals surface area (Å²) in [6.45, 7) is 0. The fourth-order valence-corrected chi connectivity index (χ4v) is 1.32. The molecule has 1 aromatic rings. The number of methoxy groups -OCH3 is 2. The lowest BCUT2D eigenvalue weighted by Crippen LogP contribution is -2.43. The van der Waals surface area contributed by atoms with Crippen molar-refractivity contribution in [1.82, 2.24) is 10.3 Å². The van der Waals surface area contributed by atoms with Gasteiger partial charge in [0.1, 0.15) is 6.04 Å². The first-order valence-electron chi connectivity index (χ1n) is 5.44. The highest BCUT2D eigenvalue weighted by Gasteiger charge is 2.25. The van der Waals surface area contributed by atoms with Crippen LogP contribution in [0.1, 0.15) is 16.8 Å². The van der Waals surface area contributed by atoms with E-state index in [0.717, 1.165) is 0 Å². The summed E-state index contributed by atoms with van der Waals surface area (Å²) in [5.74, 6) is -1.86. The second-order valence-electron chi connectivity index (χ2n) is 3.57. The molecule has 0 aliphatic rings. The predicted octanol–water partition coefficient (Wildman–Crippen LogP) is -0.0839. The highest BCUT2D eigenvalue weighted by atomic mass is 16.5. The first kappa shape index (κ1) is 14.6. The van der Waals surface area contributed by atoms with Gasteiger partial charge in [-0.15, -0.1) is 0 Å². The molecule has 1 aromatic heterocycles. The van der Waals surface area contributed by atoms with Crippen LogP contribution in [0.15, 0.2) is 24.5 Å². The molecular formula is C12H14N2O5. The molecule has 0 spiro atoms. The molecule has 0 saturated carbocycles. The average Bonchev–Trinajstić information content (AvgIpc) is 2.46. The van der Waals surface area contributed by atoms with E-state index in [1.165, 1.54) is 32.7 Å². The first-order valence-corrected chi connectivity index (χ1v) is 5.44. The summed E-state index contributed by atoms with van der Waals surface area (Å²) in [6, 6.07) is 2.03. The SMILES string of the molecule is COC(=O)C[C@@H](NC(=O)c1cccnc1)C(=O)OC. The van der Waals surface area contributed by atoms with E-state index in [0.29, 0.717) is 0 Å². The molecule has 0 saturated heterocycles. The van der Waals surface area contributed by atoms with Gasteiger partial charge in [0.25, 0.3) is 5.91 Å². The second kappa shape index (κ2) is 7.10. The number of esters is 2. The maximum atomic E-state index is 11.8. The maximum absolute atomic E-state index is 11.8. The molecule has 19 heavy (non-hydrogen) atoms. The Labute approximate surface area is 109 Å². The van der Waals surface area contributed by atoms with Crippen molar-refractivity contribution in [3.8, 4) is 0 Å². The monoisotopic (exact) mass is 266 g/mol. The molecule has 1 rings (SSSR count). The minimum Gasteiger partial charge on any atom is -0.469 e. The van der Waals surface area contributed by atoms with Crippen LogP contribution in [0.2, 0.25) is 0 Å². The zero-order chi connectivity index (χ0) is 14.3. The molecule has 0 aliphatic carbocycles. The van der Waals surface area contributed by atoms with Gasteiger partial charge in [-0.2, -0.15) is 0 Å². The van der Waals surface area contributed by atoms with Crippen molar-refractivity contribution in [2.75, 3.05) is 14.2 Å². The molecule has 102 valence electrons. The van der Waals surface area contributed by atoms with Crippen LogP contribution in [-0.4, -0.2) is 43.1 Å². The Morgan fingerprint density at radius 2 is 2.05 bits per heavy atom. The number of carbonyl (C=O) groups excluding carboxylic acids is 3. The number of amides is 1. The number of aromatic nitrogens is 1. The van der Waals surface area contributed by atoms with E-state index >= 15 is 0 Å². The lowest BCUT2D eigenvalue weighted by Gasteiger charge is -2.15. The van der Waals surface area contributed by atoms with Crippen LogP contribution >= 0.6 is 0 Å². The van der Waals surface area contributed by atoms with Gasteiger partial charge in [-0.1, -0.05) is 0 Å². The smallest absolute Gasteiger partial charge is 0.328 e. The summed E-state index contributed by atoms with van der Waals surface area (Å²) < 4.78 is 8.97. The summed E-state index contributed by atoms with van der Waals surface area (Å²) in [6.07, 6.45) is 2.57. The van der Waals surface area contributed by atoms with Gasteiger partial charge in [0.2, 0.25) is 0 Å². The van der Waals surface area contributed by atoms with Crippen LogP contribution < -0.4 is 5.32 Å². The van der Waals surface area contributed by atoms with Crippen molar-refractivity contribution in [3.63, 3.8) is 0 Å². The molecule has 0 fully saturated rings. The summed E-state index contributed by atoms with van der Waals surface area (Å²) in [7, 11) is 2.36. The third-order valence-corrected chi connectivity index (χ3v) is 2.31. The number of hydrogen-bond donors (Lipinski definition) is 1. The fourth-order valence-electron chi connectivity index (χ4n) is 1.32. The molecule has 0 radical (unpaired) electrons. The third kappa shape index (κ3) is 4.38. The first-order chi connectivity index (χ1) is 9.08. The van der Waals surface area contributed by atoms with E-state index < -0.39 is 23.9 Å². The number of hydrogen-bond acceptors (Lipinski definition) is 6. The fraction of sp³-hybridized carbons (Fsp3) is 0.333. The zero-order valence-corrected chi connectivity index (χ0v) is 10.6. The summed E-state index contributed by atoms with van der Waals surface area (Å²) in [4.78, 5) is 38.3. The number of pyridine rings is 1. The number of rotatable bonds is 5. The number of carbonyl (C=O) groups is 3. The van der Waals surface area contributed by atoms with E-state index in [4.69, 9.17) is 0 Å². The van der Waals surface area contributed by atoms with Crippen molar-refractivity contribution >= 4 is 17.8 Å². The standard InChI is InChI=1S/C12H14N2O5/c1-18-10(15)6-9(12(17)19-2)14-11(16)8-4-3-5-13-7-8/h3-5,7,9H,6H2,1-2H3,(H,14,16)/t9-/m1/s1. The Morgan fingerprint density at radius 1 is 1.32 bits per heavy atom. The number of nitrogens with one attached hydrogen (secondary N) is 1. The summed E-state index contributed by atoms with van der Waals surface area (Å²) in [5.41, 5.74) is 0.279.